The van der Waals surface area contributed by atoms with Gasteiger partial charge >= 0.3 is 5.97 Å². The number of benzene rings is 2. The summed E-state index contributed by atoms with van der Waals surface area (Å²) in [4.78, 5) is 12.4. The minimum Gasteiger partial charge on any atom is -0.489 e. The minimum atomic E-state index is -0.859. The summed E-state index contributed by atoms with van der Waals surface area (Å²) in [5, 5.41) is 13.7. The van der Waals surface area contributed by atoms with E-state index in [0.717, 1.165) is 16.0 Å². The Bertz CT molecular complexity index is 860. The van der Waals surface area contributed by atoms with Gasteiger partial charge in [-0.25, -0.2) is 0 Å². The van der Waals surface area contributed by atoms with E-state index in [1.165, 1.54) is 23.1 Å². The van der Waals surface area contributed by atoms with Crippen LogP contribution in [-0.4, -0.2) is 11.1 Å². The molecule has 0 aliphatic carbocycles. The molecule has 0 aliphatic heterocycles. The number of carboxylic acid groups (broad SMARTS) is 1. The van der Waals surface area contributed by atoms with Crippen LogP contribution < -0.4 is 4.74 Å². The average molecular weight is 425 g/mol. The third-order valence-electron chi connectivity index (χ3n) is 3.59. The van der Waals surface area contributed by atoms with Crippen LogP contribution in [0.15, 0.2) is 64.2 Å². The second kappa shape index (κ2) is 8.82. The number of carboxylic acids is 1. The summed E-state index contributed by atoms with van der Waals surface area (Å²) in [6, 6.07) is 14.4. The number of ether oxygens (including phenoxy) is 1. The van der Waals surface area contributed by atoms with E-state index in [9.17, 15) is 9.90 Å². The maximum absolute atomic E-state index is 11.5. The summed E-state index contributed by atoms with van der Waals surface area (Å²) in [6.45, 7) is 0.262. The normalized spacial score (nSPS) is 11.9. The lowest BCUT2D eigenvalue weighted by atomic mass is 10.2. The highest BCUT2D eigenvalue weighted by atomic mass is 35.5. The molecule has 1 atom stereocenters. The molecule has 3 aromatic rings. The van der Waals surface area contributed by atoms with E-state index in [1.807, 2.05) is 29.0 Å². The molecule has 2 aromatic carbocycles. The SMILES string of the molecule is O=C(O)C(Sc1ccc(OCc2c(Cl)cccc2Cl)cc1)c1ccsc1. The lowest BCUT2D eigenvalue weighted by Gasteiger charge is -2.12. The number of hydrogen-bond acceptors (Lipinski definition) is 4. The number of aliphatic carboxylic acids is 1. The molecular formula is C19H14Cl2O3S2. The van der Waals surface area contributed by atoms with Crippen molar-refractivity contribution in [3.05, 3.63) is 80.5 Å². The molecule has 0 aliphatic rings. The van der Waals surface area contributed by atoms with Crippen LogP contribution in [0.2, 0.25) is 10.0 Å². The van der Waals surface area contributed by atoms with Gasteiger partial charge < -0.3 is 9.84 Å². The predicted octanol–water partition coefficient (Wildman–Crippen LogP) is 6.55. The van der Waals surface area contributed by atoms with Crippen molar-refractivity contribution in [1.29, 1.82) is 0 Å². The molecule has 7 heteroatoms. The summed E-state index contributed by atoms with van der Waals surface area (Å²) in [7, 11) is 0. The maximum atomic E-state index is 11.5. The molecule has 1 aromatic heterocycles. The Balaban J connectivity index is 1.66. The van der Waals surface area contributed by atoms with Gasteiger partial charge in [0.05, 0.1) is 0 Å². The highest BCUT2D eigenvalue weighted by Gasteiger charge is 2.21. The smallest absolute Gasteiger partial charge is 0.321 e. The molecule has 0 saturated heterocycles. The third kappa shape index (κ3) is 4.74. The number of carbonyl (C=O) groups is 1. The van der Waals surface area contributed by atoms with Crippen LogP contribution in [0.1, 0.15) is 16.4 Å². The Morgan fingerprint density at radius 1 is 1.12 bits per heavy atom. The van der Waals surface area contributed by atoms with Crippen LogP contribution >= 0.6 is 46.3 Å². The summed E-state index contributed by atoms with van der Waals surface area (Å²) in [5.41, 5.74) is 1.53. The Hall–Kier alpha value is -1.66. The molecule has 0 saturated carbocycles. The quantitative estimate of drug-likeness (QED) is 0.436. The Morgan fingerprint density at radius 2 is 1.81 bits per heavy atom. The molecule has 3 rings (SSSR count). The van der Waals surface area contributed by atoms with Crippen molar-refractivity contribution in [1.82, 2.24) is 0 Å². The molecule has 134 valence electrons. The van der Waals surface area contributed by atoms with E-state index >= 15 is 0 Å². The van der Waals surface area contributed by atoms with E-state index in [1.54, 1.807) is 30.3 Å². The fraction of sp³-hybridized carbons (Fsp3) is 0.105. The molecule has 0 spiro atoms. The zero-order valence-electron chi connectivity index (χ0n) is 13.4. The van der Waals surface area contributed by atoms with Gasteiger partial charge in [0.2, 0.25) is 0 Å². The number of rotatable bonds is 7. The highest BCUT2D eigenvalue weighted by Crippen LogP contribution is 2.37. The third-order valence-corrected chi connectivity index (χ3v) is 6.26. The lowest BCUT2D eigenvalue weighted by molar-refractivity contribution is -0.136. The van der Waals surface area contributed by atoms with Gasteiger partial charge in [-0.2, -0.15) is 11.3 Å². The van der Waals surface area contributed by atoms with Gasteiger partial charge in [0.1, 0.15) is 17.6 Å². The van der Waals surface area contributed by atoms with Crippen molar-refractivity contribution < 1.29 is 14.6 Å². The zero-order valence-corrected chi connectivity index (χ0v) is 16.5. The van der Waals surface area contributed by atoms with Crippen molar-refractivity contribution >= 4 is 52.3 Å². The minimum absolute atomic E-state index is 0.262. The number of thioether (sulfide) groups is 1. The van der Waals surface area contributed by atoms with E-state index in [-0.39, 0.29) is 6.61 Å². The van der Waals surface area contributed by atoms with Gasteiger partial charge in [-0.15, -0.1) is 11.8 Å². The first kappa shape index (κ1) is 19.1. The second-order valence-corrected chi connectivity index (χ2v) is 8.13. The van der Waals surface area contributed by atoms with Gasteiger partial charge in [-0.05, 0) is 58.8 Å². The van der Waals surface area contributed by atoms with Crippen LogP contribution in [0.3, 0.4) is 0 Å². The maximum Gasteiger partial charge on any atom is 0.321 e. The van der Waals surface area contributed by atoms with E-state index in [0.29, 0.717) is 15.8 Å². The monoisotopic (exact) mass is 424 g/mol. The molecule has 1 heterocycles. The van der Waals surface area contributed by atoms with Gasteiger partial charge in [-0.1, -0.05) is 29.3 Å². The topological polar surface area (TPSA) is 46.5 Å². The van der Waals surface area contributed by atoms with Crippen molar-refractivity contribution in [3.8, 4) is 5.75 Å². The first-order chi connectivity index (χ1) is 12.5. The van der Waals surface area contributed by atoms with Crippen molar-refractivity contribution in [2.75, 3.05) is 0 Å². The first-order valence-electron chi connectivity index (χ1n) is 7.62. The number of halogens is 2. The Morgan fingerprint density at radius 3 is 2.38 bits per heavy atom. The molecule has 0 amide bonds. The summed E-state index contributed by atoms with van der Waals surface area (Å²) in [6.07, 6.45) is 0. The predicted molar refractivity (Wildman–Crippen MR) is 108 cm³/mol. The van der Waals surface area contributed by atoms with E-state index in [4.69, 9.17) is 27.9 Å². The molecule has 1 N–H and O–H groups in total. The molecule has 0 fully saturated rings. The molecule has 26 heavy (non-hydrogen) atoms. The van der Waals surface area contributed by atoms with E-state index < -0.39 is 11.2 Å². The fourth-order valence-electron chi connectivity index (χ4n) is 2.26. The number of hydrogen-bond donors (Lipinski definition) is 1. The second-order valence-electron chi connectivity index (χ2n) is 5.35. The summed E-state index contributed by atoms with van der Waals surface area (Å²) >= 11 is 15.0. The molecule has 0 radical (unpaired) electrons. The molecule has 0 bridgehead atoms. The van der Waals surface area contributed by atoms with Crippen LogP contribution in [0.25, 0.3) is 0 Å². The zero-order chi connectivity index (χ0) is 18.5. The first-order valence-corrected chi connectivity index (χ1v) is 10.2. The van der Waals surface area contributed by atoms with Crippen LogP contribution in [0.4, 0.5) is 0 Å². The Labute approximate surface area is 169 Å². The van der Waals surface area contributed by atoms with Gasteiger partial charge in [0.15, 0.2) is 0 Å². The highest BCUT2D eigenvalue weighted by molar-refractivity contribution is 8.00. The number of thiophene rings is 1. The average Bonchev–Trinajstić information content (AvgIpc) is 3.14. The van der Waals surface area contributed by atoms with Crippen LogP contribution in [0.5, 0.6) is 5.75 Å². The van der Waals surface area contributed by atoms with Crippen LogP contribution in [0, 0.1) is 0 Å². The van der Waals surface area contributed by atoms with E-state index in [2.05, 4.69) is 0 Å². The largest absolute Gasteiger partial charge is 0.489 e. The molecule has 3 nitrogen and oxygen atoms in total. The van der Waals surface area contributed by atoms with Gasteiger partial charge in [0, 0.05) is 20.5 Å². The van der Waals surface area contributed by atoms with Crippen molar-refractivity contribution in [2.45, 2.75) is 16.8 Å². The van der Waals surface area contributed by atoms with Crippen LogP contribution in [-0.2, 0) is 11.4 Å². The standard InChI is InChI=1S/C19H14Cl2O3S2/c20-16-2-1-3-17(21)15(16)10-24-13-4-6-14(7-5-13)26-18(19(22)23)12-8-9-25-11-12/h1-9,11,18H,10H2,(H,22,23). The Kier molecular flexibility index (Phi) is 6.48. The fourth-order valence-corrected chi connectivity index (χ4v) is 4.49. The summed E-state index contributed by atoms with van der Waals surface area (Å²) < 4.78 is 5.74. The summed E-state index contributed by atoms with van der Waals surface area (Å²) in [5.74, 6) is -0.199. The molecular weight excluding hydrogens is 411 g/mol. The van der Waals surface area contributed by atoms with Gasteiger partial charge in [-0.3, -0.25) is 4.79 Å². The van der Waals surface area contributed by atoms with Gasteiger partial charge in [0.25, 0.3) is 0 Å². The lowest BCUT2D eigenvalue weighted by Crippen LogP contribution is -2.06. The molecule has 1 unspecified atom stereocenters. The van der Waals surface area contributed by atoms with Crippen molar-refractivity contribution in [2.24, 2.45) is 0 Å². The van der Waals surface area contributed by atoms with Crippen molar-refractivity contribution in [3.63, 3.8) is 0 Å².